The number of anilines is 1. The number of aromatic nitrogens is 1. The fourth-order valence-electron chi connectivity index (χ4n) is 4.19. The highest BCUT2D eigenvalue weighted by Crippen LogP contribution is 2.45. The first-order valence-corrected chi connectivity index (χ1v) is 12.0. The molecule has 0 aliphatic carbocycles. The number of nitrogens with zero attached hydrogens (tertiary/aromatic N) is 2. The minimum Gasteiger partial charge on any atom is -0.507 e. The fourth-order valence-corrected chi connectivity index (χ4v) is 5.21. The van der Waals surface area contributed by atoms with Gasteiger partial charge in [-0.05, 0) is 61.9 Å². The van der Waals surface area contributed by atoms with E-state index >= 15 is 0 Å². The van der Waals surface area contributed by atoms with Gasteiger partial charge >= 0.3 is 5.97 Å². The lowest BCUT2D eigenvalue weighted by atomic mass is 9.94. The maximum absolute atomic E-state index is 13.5. The molecule has 1 unspecified atom stereocenters. The predicted molar refractivity (Wildman–Crippen MR) is 134 cm³/mol. The highest BCUT2D eigenvalue weighted by Gasteiger charge is 2.46. The molecule has 37 heavy (non-hydrogen) atoms. The van der Waals surface area contributed by atoms with Crippen LogP contribution >= 0.6 is 11.3 Å². The molecule has 2 aromatic heterocycles. The number of hydrogen-bond donors (Lipinski definition) is 3. The molecule has 0 saturated carbocycles. The number of aryl methyl sites for hydroxylation is 1. The predicted octanol–water partition coefficient (Wildman–Crippen LogP) is 4.78. The molecule has 1 atom stereocenters. The van der Waals surface area contributed by atoms with Crippen LogP contribution in [0.3, 0.4) is 0 Å². The fraction of sp³-hybridized carbons (Fsp3) is 0.154. The van der Waals surface area contributed by atoms with Gasteiger partial charge < -0.3 is 24.5 Å². The lowest BCUT2D eigenvalue weighted by Gasteiger charge is -2.24. The lowest BCUT2D eigenvalue weighted by Crippen LogP contribution is -2.31. The van der Waals surface area contributed by atoms with Gasteiger partial charge in [-0.3, -0.25) is 14.5 Å². The molecular formula is C26H20N2O8S. The van der Waals surface area contributed by atoms with Crippen LogP contribution in [0, 0.1) is 6.92 Å². The molecule has 4 aromatic rings. The van der Waals surface area contributed by atoms with E-state index in [-0.39, 0.29) is 22.0 Å². The summed E-state index contributed by atoms with van der Waals surface area (Å²) in [4.78, 5) is 44.2. The number of Topliss-reactive ketones (excluding diaryl/α,β-unsaturated/α-hetero) is 1. The van der Waals surface area contributed by atoms with Gasteiger partial charge in [0.15, 0.2) is 16.7 Å². The number of ketones is 1. The van der Waals surface area contributed by atoms with Crippen LogP contribution in [0.4, 0.5) is 5.13 Å². The second-order valence-corrected chi connectivity index (χ2v) is 9.23. The Balaban J connectivity index is 1.68. The van der Waals surface area contributed by atoms with Gasteiger partial charge in [0.1, 0.15) is 22.8 Å². The standard InChI is InChI=1S/C26H20N2O8S/c1-3-35-14-6-7-16-19(11-14)37-26(27-16)28-21(13-5-8-17(29)15(10-13)25(33)34)20(23(31)24(28)32)22(30)18-9-4-12(2)36-18/h4-11,21,29,31H,3H2,1-2H3,(H,33,34). The molecule has 1 aliphatic heterocycles. The number of aliphatic hydroxyl groups is 1. The van der Waals surface area contributed by atoms with Crippen molar-refractivity contribution in [3.63, 3.8) is 0 Å². The van der Waals surface area contributed by atoms with Crippen LogP contribution in [0.1, 0.15) is 45.2 Å². The molecule has 188 valence electrons. The minimum absolute atomic E-state index is 0.0957. The van der Waals surface area contributed by atoms with Crippen molar-refractivity contribution in [1.29, 1.82) is 0 Å². The number of ether oxygens (including phenoxy) is 1. The van der Waals surface area contributed by atoms with Gasteiger partial charge in [0, 0.05) is 0 Å². The van der Waals surface area contributed by atoms with Crippen molar-refractivity contribution < 1.29 is 38.9 Å². The number of phenols is 1. The molecule has 3 heterocycles. The number of carbonyl (C=O) groups is 3. The monoisotopic (exact) mass is 520 g/mol. The van der Waals surface area contributed by atoms with Crippen LogP contribution in [0.2, 0.25) is 0 Å². The zero-order valence-corrected chi connectivity index (χ0v) is 20.4. The number of carbonyl (C=O) groups excluding carboxylic acids is 2. The van der Waals surface area contributed by atoms with Crippen molar-refractivity contribution in [2.45, 2.75) is 19.9 Å². The average Bonchev–Trinajstić information content (AvgIpc) is 3.55. The maximum atomic E-state index is 13.5. The number of fused-ring (bicyclic) bond motifs is 1. The van der Waals surface area contributed by atoms with Gasteiger partial charge in [0.2, 0.25) is 5.78 Å². The number of aromatic hydroxyl groups is 1. The second kappa shape index (κ2) is 9.10. The molecule has 0 saturated heterocycles. The number of amides is 1. The van der Waals surface area contributed by atoms with E-state index < -0.39 is 40.8 Å². The number of furan rings is 1. The molecule has 0 radical (unpaired) electrons. The molecule has 0 fully saturated rings. The summed E-state index contributed by atoms with van der Waals surface area (Å²) in [5, 5.41) is 30.6. The average molecular weight is 521 g/mol. The summed E-state index contributed by atoms with van der Waals surface area (Å²) in [5.74, 6) is -3.34. The van der Waals surface area contributed by atoms with Crippen LogP contribution in [0.25, 0.3) is 10.2 Å². The maximum Gasteiger partial charge on any atom is 0.339 e. The van der Waals surface area contributed by atoms with Crippen LogP contribution < -0.4 is 9.64 Å². The van der Waals surface area contributed by atoms with Gasteiger partial charge in [-0.15, -0.1) is 0 Å². The molecule has 1 amide bonds. The SMILES string of the molecule is CCOc1ccc2nc(N3C(=O)C(O)=C(C(=O)c4ccc(C)o4)C3c3ccc(O)c(C(=O)O)c3)sc2c1. The number of carboxylic acids is 1. The van der Waals surface area contributed by atoms with E-state index in [2.05, 4.69) is 4.98 Å². The molecule has 11 heteroatoms. The lowest BCUT2D eigenvalue weighted by molar-refractivity contribution is -0.117. The summed E-state index contributed by atoms with van der Waals surface area (Å²) in [7, 11) is 0. The third kappa shape index (κ3) is 4.08. The summed E-state index contributed by atoms with van der Waals surface area (Å²) in [6.45, 7) is 3.96. The first-order chi connectivity index (χ1) is 17.7. The number of rotatable bonds is 7. The van der Waals surface area contributed by atoms with E-state index in [1.165, 1.54) is 12.1 Å². The van der Waals surface area contributed by atoms with Gasteiger partial charge in [0.05, 0.1) is 28.4 Å². The summed E-state index contributed by atoms with van der Waals surface area (Å²) in [6.07, 6.45) is 0. The number of hydrogen-bond acceptors (Lipinski definition) is 9. The number of carboxylic acid groups (broad SMARTS) is 1. The Bertz CT molecular complexity index is 1620. The summed E-state index contributed by atoms with van der Waals surface area (Å²) < 4.78 is 11.7. The van der Waals surface area contributed by atoms with Crippen molar-refractivity contribution in [3.05, 3.63) is 82.5 Å². The molecule has 5 rings (SSSR count). The van der Waals surface area contributed by atoms with E-state index in [4.69, 9.17) is 9.15 Å². The summed E-state index contributed by atoms with van der Waals surface area (Å²) in [5.41, 5.74) is 0.0135. The van der Waals surface area contributed by atoms with Crippen molar-refractivity contribution in [2.24, 2.45) is 0 Å². The third-order valence-electron chi connectivity index (χ3n) is 5.85. The molecule has 0 spiro atoms. The molecule has 10 nitrogen and oxygen atoms in total. The van der Waals surface area contributed by atoms with Gasteiger partial charge in [0.25, 0.3) is 5.91 Å². The van der Waals surface area contributed by atoms with E-state index in [1.807, 2.05) is 6.92 Å². The molecular weight excluding hydrogens is 500 g/mol. The number of benzene rings is 2. The Labute approximate surface area is 213 Å². The van der Waals surface area contributed by atoms with Crippen LogP contribution in [-0.4, -0.2) is 44.6 Å². The second-order valence-electron chi connectivity index (χ2n) is 8.22. The Morgan fingerprint density at radius 3 is 2.59 bits per heavy atom. The van der Waals surface area contributed by atoms with E-state index in [1.54, 1.807) is 31.2 Å². The number of thiazole rings is 1. The third-order valence-corrected chi connectivity index (χ3v) is 6.87. The largest absolute Gasteiger partial charge is 0.507 e. The first kappa shape index (κ1) is 24.1. The molecule has 2 aromatic carbocycles. The van der Waals surface area contributed by atoms with Gasteiger partial charge in [-0.25, -0.2) is 9.78 Å². The number of aliphatic hydroxyl groups excluding tert-OH is 1. The first-order valence-electron chi connectivity index (χ1n) is 11.2. The quantitative estimate of drug-likeness (QED) is 0.292. The van der Waals surface area contributed by atoms with Gasteiger partial charge in [-0.1, -0.05) is 17.4 Å². The van der Waals surface area contributed by atoms with Crippen molar-refractivity contribution in [2.75, 3.05) is 11.5 Å². The minimum atomic E-state index is -1.40. The molecule has 3 N–H and O–H groups in total. The van der Waals surface area contributed by atoms with Crippen molar-refractivity contribution >= 4 is 44.3 Å². The van der Waals surface area contributed by atoms with Crippen molar-refractivity contribution in [1.82, 2.24) is 4.98 Å². The smallest absolute Gasteiger partial charge is 0.339 e. The highest BCUT2D eigenvalue weighted by molar-refractivity contribution is 7.22. The van der Waals surface area contributed by atoms with Gasteiger partial charge in [-0.2, -0.15) is 0 Å². The van der Waals surface area contributed by atoms with Crippen LogP contribution in [0.5, 0.6) is 11.5 Å². The zero-order valence-electron chi connectivity index (χ0n) is 19.6. The Morgan fingerprint density at radius 2 is 1.92 bits per heavy atom. The van der Waals surface area contributed by atoms with Crippen molar-refractivity contribution in [3.8, 4) is 11.5 Å². The van der Waals surface area contributed by atoms with Crippen LogP contribution in [0.15, 0.2) is 64.3 Å². The highest BCUT2D eigenvalue weighted by atomic mass is 32.1. The van der Waals surface area contributed by atoms with E-state index in [9.17, 15) is 29.7 Å². The zero-order chi connectivity index (χ0) is 26.4. The van der Waals surface area contributed by atoms with E-state index in [0.717, 1.165) is 28.4 Å². The number of aromatic carboxylic acids is 1. The Hall–Kier alpha value is -4.64. The topological polar surface area (TPSA) is 150 Å². The Kier molecular flexibility index (Phi) is 5.92. The van der Waals surface area contributed by atoms with E-state index in [0.29, 0.717) is 28.3 Å². The molecule has 0 bridgehead atoms. The summed E-state index contributed by atoms with van der Waals surface area (Å²) >= 11 is 1.14. The van der Waals surface area contributed by atoms with Crippen LogP contribution in [-0.2, 0) is 4.79 Å². The Morgan fingerprint density at radius 1 is 1.14 bits per heavy atom. The normalized spacial score (nSPS) is 15.6. The molecule has 1 aliphatic rings. The summed E-state index contributed by atoms with van der Waals surface area (Å²) in [6, 6.07) is 10.7.